The van der Waals surface area contributed by atoms with Crippen molar-refractivity contribution in [1.29, 1.82) is 0 Å². The third-order valence-corrected chi connectivity index (χ3v) is 2.69. The minimum atomic E-state index is -0.143. The molecule has 1 unspecified atom stereocenters. The third-order valence-electron chi connectivity index (χ3n) is 1.86. The van der Waals surface area contributed by atoms with Gasteiger partial charge in [0.25, 0.3) is 0 Å². The summed E-state index contributed by atoms with van der Waals surface area (Å²) in [5.74, 6) is 0.133. The van der Waals surface area contributed by atoms with Crippen molar-refractivity contribution >= 4 is 22.3 Å². The highest BCUT2D eigenvalue weighted by molar-refractivity contribution is 7.13. The maximum atomic E-state index is 10.9. The Balaban J connectivity index is 2.58. The van der Waals surface area contributed by atoms with Gasteiger partial charge in [0.15, 0.2) is 10.9 Å². The van der Waals surface area contributed by atoms with Crippen molar-refractivity contribution in [3.05, 3.63) is 11.1 Å². The van der Waals surface area contributed by atoms with E-state index in [-0.39, 0.29) is 11.8 Å². The van der Waals surface area contributed by atoms with Crippen molar-refractivity contribution in [3.63, 3.8) is 0 Å². The molecule has 1 aromatic rings. The highest BCUT2D eigenvalue weighted by Gasteiger charge is 2.08. The van der Waals surface area contributed by atoms with Crippen LogP contribution in [0.15, 0.2) is 5.38 Å². The molecule has 0 bridgehead atoms. The molecule has 0 saturated heterocycles. The molecule has 0 aliphatic rings. The number of carbonyl (C=O) groups excluding carboxylic acids is 1. The predicted octanol–water partition coefficient (Wildman–Crippen LogP) is 2.09. The summed E-state index contributed by atoms with van der Waals surface area (Å²) in [4.78, 5) is 15.2. The third kappa shape index (κ3) is 2.81. The number of Topliss-reactive ketones (excluding diaryl/α,β-unsaturated/α-hetero) is 1. The molecule has 4 heteroatoms. The number of hydrogen-bond donors (Lipinski definition) is 1. The normalized spacial score (nSPS) is 12.5. The number of nitrogens with zero attached hydrogens (tertiary/aromatic N) is 1. The van der Waals surface area contributed by atoms with Gasteiger partial charge in [-0.2, -0.15) is 0 Å². The summed E-state index contributed by atoms with van der Waals surface area (Å²) in [7, 11) is 0. The first kappa shape index (κ1) is 10.2. The van der Waals surface area contributed by atoms with Gasteiger partial charge < -0.3 is 5.32 Å². The summed E-state index contributed by atoms with van der Waals surface area (Å²) in [5.41, 5.74) is 1.07. The van der Waals surface area contributed by atoms with Gasteiger partial charge in [0.1, 0.15) is 0 Å². The van der Waals surface area contributed by atoms with Crippen molar-refractivity contribution in [3.8, 4) is 0 Å². The van der Waals surface area contributed by atoms with Crippen LogP contribution in [-0.4, -0.2) is 16.8 Å². The minimum absolute atomic E-state index is 0.133. The Morgan fingerprint density at radius 1 is 1.77 bits per heavy atom. The maximum Gasteiger partial charge on any atom is 0.183 e. The molecule has 0 aromatic carbocycles. The molecular weight excluding hydrogens is 184 g/mol. The van der Waals surface area contributed by atoms with Crippen LogP contribution in [0.1, 0.15) is 26.5 Å². The smallest absolute Gasteiger partial charge is 0.183 e. The molecule has 13 heavy (non-hydrogen) atoms. The molecule has 1 atom stereocenters. The molecule has 0 amide bonds. The molecule has 72 valence electrons. The van der Waals surface area contributed by atoms with Crippen LogP contribution >= 0.6 is 11.3 Å². The monoisotopic (exact) mass is 198 g/mol. The first-order valence-electron chi connectivity index (χ1n) is 4.35. The molecule has 1 N–H and O–H groups in total. The number of aromatic nitrogens is 1. The van der Waals surface area contributed by atoms with Crippen molar-refractivity contribution in [2.45, 2.75) is 33.2 Å². The van der Waals surface area contributed by atoms with Crippen LogP contribution in [0.5, 0.6) is 0 Å². The van der Waals surface area contributed by atoms with E-state index in [0.717, 1.165) is 17.2 Å². The van der Waals surface area contributed by atoms with Crippen molar-refractivity contribution in [2.75, 3.05) is 5.32 Å². The molecule has 3 nitrogen and oxygen atoms in total. The number of thiazole rings is 1. The number of hydrogen-bond acceptors (Lipinski definition) is 4. The van der Waals surface area contributed by atoms with Crippen LogP contribution in [0, 0.1) is 0 Å². The standard InChI is InChI=1S/C9H14N2OS/c1-4-8-5-13-9(11-8)10-6(2)7(3)12/h5-6H,4H2,1-3H3,(H,10,11). The predicted molar refractivity (Wildman–Crippen MR) is 55.3 cm³/mol. The van der Waals surface area contributed by atoms with Crippen molar-refractivity contribution in [1.82, 2.24) is 4.98 Å². The highest BCUT2D eigenvalue weighted by Crippen LogP contribution is 2.16. The van der Waals surface area contributed by atoms with E-state index >= 15 is 0 Å². The molecule has 0 spiro atoms. The van der Waals surface area contributed by atoms with Crippen molar-refractivity contribution < 1.29 is 4.79 Å². The molecule has 0 aliphatic carbocycles. The highest BCUT2D eigenvalue weighted by atomic mass is 32.1. The van der Waals surface area contributed by atoms with Crippen LogP contribution in [0.2, 0.25) is 0 Å². The van der Waals surface area contributed by atoms with E-state index in [1.165, 1.54) is 0 Å². The Hall–Kier alpha value is -0.900. The Kier molecular flexibility index (Phi) is 3.42. The number of aryl methyl sites for hydroxylation is 1. The van der Waals surface area contributed by atoms with Crippen LogP contribution < -0.4 is 5.32 Å². The Morgan fingerprint density at radius 2 is 2.46 bits per heavy atom. The summed E-state index contributed by atoms with van der Waals surface area (Å²) < 4.78 is 0. The zero-order chi connectivity index (χ0) is 9.84. The molecule has 0 saturated carbocycles. The lowest BCUT2D eigenvalue weighted by Gasteiger charge is -2.07. The minimum Gasteiger partial charge on any atom is -0.352 e. The molecule has 0 aliphatic heterocycles. The van der Waals surface area contributed by atoms with Gasteiger partial charge in [-0.05, 0) is 20.3 Å². The second kappa shape index (κ2) is 4.37. The fraction of sp³-hybridized carbons (Fsp3) is 0.556. The zero-order valence-electron chi connectivity index (χ0n) is 8.13. The van der Waals surface area contributed by atoms with Gasteiger partial charge in [-0.1, -0.05) is 6.92 Å². The van der Waals surface area contributed by atoms with E-state index in [4.69, 9.17) is 0 Å². The molecular formula is C9H14N2OS. The fourth-order valence-corrected chi connectivity index (χ4v) is 1.70. The van der Waals surface area contributed by atoms with Crippen LogP contribution in [-0.2, 0) is 11.2 Å². The van der Waals surface area contributed by atoms with E-state index in [1.807, 2.05) is 12.3 Å². The molecule has 1 heterocycles. The van der Waals surface area contributed by atoms with Gasteiger partial charge >= 0.3 is 0 Å². The van der Waals surface area contributed by atoms with E-state index in [0.29, 0.717) is 0 Å². The van der Waals surface area contributed by atoms with Crippen LogP contribution in [0.3, 0.4) is 0 Å². The summed E-state index contributed by atoms with van der Waals surface area (Å²) in [6.07, 6.45) is 0.937. The first-order valence-corrected chi connectivity index (χ1v) is 5.22. The van der Waals surface area contributed by atoms with Gasteiger partial charge in [-0.25, -0.2) is 4.98 Å². The molecule has 1 aromatic heterocycles. The number of ketones is 1. The number of rotatable bonds is 4. The lowest BCUT2D eigenvalue weighted by atomic mass is 10.2. The van der Waals surface area contributed by atoms with E-state index in [2.05, 4.69) is 17.2 Å². The van der Waals surface area contributed by atoms with E-state index < -0.39 is 0 Å². The zero-order valence-corrected chi connectivity index (χ0v) is 8.94. The second-order valence-corrected chi connectivity index (χ2v) is 3.83. The van der Waals surface area contributed by atoms with E-state index in [1.54, 1.807) is 18.3 Å². The quantitative estimate of drug-likeness (QED) is 0.805. The number of carbonyl (C=O) groups is 1. The Labute approximate surface area is 82.2 Å². The van der Waals surface area contributed by atoms with Crippen LogP contribution in [0.25, 0.3) is 0 Å². The second-order valence-electron chi connectivity index (χ2n) is 2.97. The average molecular weight is 198 g/mol. The van der Waals surface area contributed by atoms with Gasteiger partial charge in [0, 0.05) is 5.38 Å². The first-order chi connectivity index (χ1) is 6.13. The van der Waals surface area contributed by atoms with Gasteiger partial charge in [0.2, 0.25) is 0 Å². The maximum absolute atomic E-state index is 10.9. The average Bonchev–Trinajstić information content (AvgIpc) is 2.52. The van der Waals surface area contributed by atoms with E-state index in [9.17, 15) is 4.79 Å². The van der Waals surface area contributed by atoms with Crippen LogP contribution in [0.4, 0.5) is 5.13 Å². The SMILES string of the molecule is CCc1csc(NC(C)C(C)=O)n1. The van der Waals surface area contributed by atoms with Gasteiger partial charge in [-0.3, -0.25) is 4.79 Å². The topological polar surface area (TPSA) is 42.0 Å². The molecule has 0 fully saturated rings. The van der Waals surface area contributed by atoms with Crippen molar-refractivity contribution in [2.24, 2.45) is 0 Å². The lowest BCUT2D eigenvalue weighted by Crippen LogP contribution is -2.23. The molecule has 1 rings (SSSR count). The molecule has 0 radical (unpaired) electrons. The van der Waals surface area contributed by atoms with Gasteiger partial charge in [-0.15, -0.1) is 11.3 Å². The largest absolute Gasteiger partial charge is 0.352 e. The Bertz CT molecular complexity index is 296. The number of anilines is 1. The van der Waals surface area contributed by atoms with Gasteiger partial charge in [0.05, 0.1) is 11.7 Å². The summed E-state index contributed by atoms with van der Waals surface area (Å²) in [6, 6.07) is -0.143. The summed E-state index contributed by atoms with van der Waals surface area (Å²) >= 11 is 1.55. The summed E-state index contributed by atoms with van der Waals surface area (Å²) in [5, 5.41) is 5.90. The number of nitrogens with one attached hydrogen (secondary N) is 1. The lowest BCUT2D eigenvalue weighted by molar-refractivity contribution is -0.117. The fourth-order valence-electron chi connectivity index (χ4n) is 0.822. The summed E-state index contributed by atoms with van der Waals surface area (Å²) in [6.45, 7) is 5.48. The Morgan fingerprint density at radius 3 is 2.92 bits per heavy atom.